The van der Waals surface area contributed by atoms with E-state index in [0.29, 0.717) is 5.75 Å². The maximum atomic E-state index is 10.4. The highest BCUT2D eigenvalue weighted by atomic mass is 32.3. The number of hydrogen-bond acceptors (Lipinski definition) is 3. The monoisotopic (exact) mass is 218 g/mol. The minimum atomic E-state index is -3.83. The van der Waals surface area contributed by atoms with Crippen LogP contribution in [0, 0.1) is 0 Å². The van der Waals surface area contributed by atoms with Crippen LogP contribution in [0.15, 0.2) is 30.3 Å². The van der Waals surface area contributed by atoms with E-state index in [1.165, 1.54) is 11.8 Å². The van der Waals surface area contributed by atoms with Gasteiger partial charge in [-0.1, -0.05) is 30.3 Å². The summed E-state index contributed by atoms with van der Waals surface area (Å²) in [5.74, 6) is 0.598. The molecule has 72 valence electrons. The molecule has 1 N–H and O–H groups in total. The molecule has 0 unspecified atom stereocenters. The molecule has 0 amide bonds. The minimum Gasteiger partial charge on any atom is -0.285 e. The van der Waals surface area contributed by atoms with Crippen molar-refractivity contribution in [2.24, 2.45) is 0 Å². The van der Waals surface area contributed by atoms with Crippen LogP contribution in [-0.4, -0.2) is 18.1 Å². The van der Waals surface area contributed by atoms with Crippen molar-refractivity contribution in [2.45, 2.75) is 5.75 Å². The van der Waals surface area contributed by atoms with E-state index in [1.54, 1.807) is 0 Å². The first kappa shape index (κ1) is 10.6. The molecular formula is C8H10O3S2. The smallest absolute Gasteiger partial charge is 0.274 e. The van der Waals surface area contributed by atoms with Crippen LogP contribution in [0.4, 0.5) is 0 Å². The second kappa shape index (κ2) is 4.64. The lowest BCUT2D eigenvalue weighted by atomic mass is 10.2. The quantitative estimate of drug-likeness (QED) is 0.782. The highest BCUT2D eigenvalue weighted by Gasteiger charge is 2.03. The molecule has 0 saturated heterocycles. The lowest BCUT2D eigenvalue weighted by Crippen LogP contribution is -1.99. The Labute approximate surface area is 81.9 Å². The van der Waals surface area contributed by atoms with Crippen LogP contribution >= 0.6 is 11.8 Å². The van der Waals surface area contributed by atoms with E-state index in [0.717, 1.165) is 5.56 Å². The maximum absolute atomic E-state index is 10.4. The Morgan fingerprint density at radius 2 is 1.85 bits per heavy atom. The molecule has 0 radical (unpaired) electrons. The summed E-state index contributed by atoms with van der Waals surface area (Å²) >= 11 is 1.18. The zero-order chi connectivity index (χ0) is 9.73. The molecule has 1 aromatic carbocycles. The van der Waals surface area contributed by atoms with Crippen molar-refractivity contribution in [1.82, 2.24) is 0 Å². The molecule has 0 fully saturated rings. The Balaban J connectivity index is 2.37. The SMILES string of the molecule is O=S(=O)(O)CSCc1ccccc1. The Morgan fingerprint density at radius 3 is 2.38 bits per heavy atom. The third-order valence-electron chi connectivity index (χ3n) is 1.34. The standard InChI is InChI=1S/C8H10O3S2/c9-13(10,11)7-12-6-8-4-2-1-3-5-8/h1-5H,6-7H2,(H,9,10,11). The van der Waals surface area contributed by atoms with E-state index in [4.69, 9.17) is 4.55 Å². The van der Waals surface area contributed by atoms with Crippen LogP contribution in [0.5, 0.6) is 0 Å². The van der Waals surface area contributed by atoms with Gasteiger partial charge in [0.2, 0.25) is 0 Å². The van der Waals surface area contributed by atoms with Crippen molar-refractivity contribution < 1.29 is 13.0 Å². The lowest BCUT2D eigenvalue weighted by Gasteiger charge is -1.98. The Morgan fingerprint density at radius 1 is 1.23 bits per heavy atom. The van der Waals surface area contributed by atoms with Crippen LogP contribution in [-0.2, 0) is 15.9 Å². The molecule has 1 rings (SSSR count). The van der Waals surface area contributed by atoms with Crippen LogP contribution in [0.3, 0.4) is 0 Å². The van der Waals surface area contributed by atoms with Crippen molar-refractivity contribution in [2.75, 3.05) is 5.08 Å². The first-order chi connectivity index (χ1) is 6.08. The van der Waals surface area contributed by atoms with E-state index in [9.17, 15) is 8.42 Å². The summed E-state index contributed by atoms with van der Waals surface area (Å²) in [6.07, 6.45) is 0. The van der Waals surface area contributed by atoms with E-state index in [1.807, 2.05) is 30.3 Å². The number of rotatable bonds is 4. The van der Waals surface area contributed by atoms with Gasteiger partial charge in [0.05, 0.1) is 0 Å². The highest BCUT2D eigenvalue weighted by Crippen LogP contribution is 2.12. The molecule has 0 spiro atoms. The Kier molecular flexibility index (Phi) is 3.77. The summed E-state index contributed by atoms with van der Waals surface area (Å²) in [6, 6.07) is 9.51. The Bertz CT molecular complexity index is 345. The molecule has 3 nitrogen and oxygen atoms in total. The molecule has 5 heteroatoms. The van der Waals surface area contributed by atoms with Gasteiger partial charge in [0.15, 0.2) is 0 Å². The summed E-state index contributed by atoms with van der Waals surface area (Å²) in [5.41, 5.74) is 1.05. The van der Waals surface area contributed by atoms with E-state index < -0.39 is 10.1 Å². The molecule has 0 aliphatic rings. The molecule has 13 heavy (non-hydrogen) atoms. The van der Waals surface area contributed by atoms with Crippen LogP contribution in [0.1, 0.15) is 5.56 Å². The van der Waals surface area contributed by atoms with Crippen LogP contribution < -0.4 is 0 Å². The normalized spacial score (nSPS) is 11.5. The second-order valence-electron chi connectivity index (χ2n) is 2.53. The fourth-order valence-electron chi connectivity index (χ4n) is 0.839. The molecule has 0 aromatic heterocycles. The van der Waals surface area contributed by atoms with Crippen LogP contribution in [0.25, 0.3) is 0 Å². The number of benzene rings is 1. The largest absolute Gasteiger partial charge is 0.285 e. The maximum Gasteiger partial charge on any atom is 0.274 e. The molecule has 0 aliphatic heterocycles. The topological polar surface area (TPSA) is 54.4 Å². The van der Waals surface area contributed by atoms with Crippen molar-refractivity contribution >= 4 is 21.9 Å². The summed E-state index contributed by atoms with van der Waals surface area (Å²) < 4.78 is 29.2. The van der Waals surface area contributed by atoms with Gasteiger partial charge in [-0.2, -0.15) is 8.42 Å². The molecule has 0 bridgehead atoms. The fourth-order valence-corrected chi connectivity index (χ4v) is 2.44. The van der Waals surface area contributed by atoms with E-state index >= 15 is 0 Å². The number of hydrogen-bond donors (Lipinski definition) is 1. The first-order valence-corrected chi connectivity index (χ1v) is 6.41. The average Bonchev–Trinajstić information content (AvgIpc) is 2.04. The zero-order valence-corrected chi connectivity index (χ0v) is 8.51. The first-order valence-electron chi connectivity index (χ1n) is 3.65. The summed E-state index contributed by atoms with van der Waals surface area (Å²) in [5, 5.41) is -0.248. The van der Waals surface area contributed by atoms with Gasteiger partial charge < -0.3 is 0 Å². The molecule has 1 aromatic rings. The second-order valence-corrected chi connectivity index (χ2v) is 5.34. The Hall–Kier alpha value is -0.520. The van der Waals surface area contributed by atoms with Gasteiger partial charge in [-0.3, -0.25) is 4.55 Å². The molecular weight excluding hydrogens is 208 g/mol. The highest BCUT2D eigenvalue weighted by molar-refractivity contribution is 8.10. The molecule has 0 saturated carbocycles. The van der Waals surface area contributed by atoms with Crippen molar-refractivity contribution in [3.63, 3.8) is 0 Å². The van der Waals surface area contributed by atoms with Crippen molar-refractivity contribution in [1.29, 1.82) is 0 Å². The molecule has 0 aliphatic carbocycles. The van der Waals surface area contributed by atoms with Gasteiger partial charge in [-0.25, -0.2) is 0 Å². The zero-order valence-electron chi connectivity index (χ0n) is 6.88. The van der Waals surface area contributed by atoms with E-state index in [2.05, 4.69) is 0 Å². The molecule has 0 atom stereocenters. The summed E-state index contributed by atoms with van der Waals surface area (Å²) in [4.78, 5) is 0. The van der Waals surface area contributed by atoms with Crippen molar-refractivity contribution in [3.8, 4) is 0 Å². The summed E-state index contributed by atoms with van der Waals surface area (Å²) in [6.45, 7) is 0. The predicted molar refractivity (Wildman–Crippen MR) is 54.2 cm³/mol. The molecule has 0 heterocycles. The van der Waals surface area contributed by atoms with Gasteiger partial charge in [-0.05, 0) is 5.56 Å². The average molecular weight is 218 g/mol. The van der Waals surface area contributed by atoms with Crippen molar-refractivity contribution in [3.05, 3.63) is 35.9 Å². The van der Waals surface area contributed by atoms with Gasteiger partial charge in [0, 0.05) is 5.75 Å². The third kappa shape index (κ3) is 4.92. The van der Waals surface area contributed by atoms with Crippen LogP contribution in [0.2, 0.25) is 0 Å². The van der Waals surface area contributed by atoms with Gasteiger partial charge in [0.1, 0.15) is 5.08 Å². The fraction of sp³-hybridized carbons (Fsp3) is 0.250. The van der Waals surface area contributed by atoms with Gasteiger partial charge in [-0.15, -0.1) is 11.8 Å². The minimum absolute atomic E-state index is 0.248. The van der Waals surface area contributed by atoms with Gasteiger partial charge >= 0.3 is 0 Å². The summed E-state index contributed by atoms with van der Waals surface area (Å²) in [7, 11) is -3.83. The van der Waals surface area contributed by atoms with Gasteiger partial charge in [0.25, 0.3) is 10.1 Å². The number of thioether (sulfide) groups is 1. The van der Waals surface area contributed by atoms with E-state index in [-0.39, 0.29) is 5.08 Å². The predicted octanol–water partition coefficient (Wildman–Crippen LogP) is 1.77. The third-order valence-corrected chi connectivity index (χ3v) is 3.74. The lowest BCUT2D eigenvalue weighted by molar-refractivity contribution is 0.489.